The molecule has 2 heterocycles. The van der Waals surface area contributed by atoms with Crippen LogP contribution in [0.1, 0.15) is 42.6 Å². The Hall–Kier alpha value is -1.89. The molecule has 1 fully saturated rings. The number of hydrogen-bond donors (Lipinski definition) is 2. The summed E-state index contributed by atoms with van der Waals surface area (Å²) in [5.41, 5.74) is 3.59. The van der Waals surface area contributed by atoms with E-state index in [-0.39, 0.29) is 11.8 Å². The molecular formula is C17H26N4O3. The van der Waals surface area contributed by atoms with E-state index in [1.807, 2.05) is 0 Å². The highest BCUT2D eigenvalue weighted by molar-refractivity contribution is 5.79. The molecule has 7 nitrogen and oxygen atoms in total. The molecule has 1 aromatic heterocycles. The summed E-state index contributed by atoms with van der Waals surface area (Å²) >= 11 is 0. The Labute approximate surface area is 142 Å². The second-order valence-corrected chi connectivity index (χ2v) is 6.43. The lowest BCUT2D eigenvalue weighted by molar-refractivity contribution is -0.135. The lowest BCUT2D eigenvalue weighted by atomic mass is 9.94. The van der Waals surface area contributed by atoms with Crippen molar-refractivity contribution >= 4 is 11.8 Å². The molecule has 2 N–H and O–H groups in total. The van der Waals surface area contributed by atoms with Crippen molar-refractivity contribution in [1.29, 1.82) is 0 Å². The normalized spacial score (nSPS) is 17.4. The molecule has 0 saturated carbocycles. The number of hydrogen-bond acceptors (Lipinski definition) is 4. The average Bonchev–Trinajstić information content (AvgIpc) is 3.04. The second kappa shape index (κ2) is 8.28. The molecule has 0 unspecified atom stereocenters. The predicted molar refractivity (Wildman–Crippen MR) is 88.6 cm³/mol. The van der Waals surface area contributed by atoms with Crippen LogP contribution in [-0.2, 0) is 33.6 Å². The first-order valence-electron chi connectivity index (χ1n) is 8.91. The zero-order chi connectivity index (χ0) is 16.8. The highest BCUT2D eigenvalue weighted by atomic mass is 16.5. The van der Waals surface area contributed by atoms with Crippen LogP contribution in [0.4, 0.5) is 0 Å². The lowest BCUT2D eigenvalue weighted by Gasteiger charge is -2.26. The van der Waals surface area contributed by atoms with Crippen molar-refractivity contribution in [2.75, 3.05) is 32.8 Å². The number of ether oxygens (including phenoxy) is 1. The fraction of sp³-hybridized carbons (Fsp3) is 0.706. The zero-order valence-corrected chi connectivity index (χ0v) is 14.1. The molecule has 1 saturated heterocycles. The highest BCUT2D eigenvalue weighted by Crippen LogP contribution is 2.22. The molecule has 0 bridgehead atoms. The minimum absolute atomic E-state index is 0.0164. The van der Waals surface area contributed by atoms with E-state index in [0.717, 1.165) is 18.5 Å². The molecule has 132 valence electrons. The maximum absolute atomic E-state index is 12.0. The van der Waals surface area contributed by atoms with Crippen molar-refractivity contribution in [2.24, 2.45) is 0 Å². The molecule has 0 aromatic carbocycles. The minimum atomic E-state index is -0.0164. The fourth-order valence-corrected chi connectivity index (χ4v) is 3.36. The molecule has 7 heteroatoms. The molecule has 0 spiro atoms. The number of H-pyrrole nitrogens is 1. The van der Waals surface area contributed by atoms with Crippen molar-refractivity contribution in [3.63, 3.8) is 0 Å². The van der Waals surface area contributed by atoms with Crippen LogP contribution in [0.25, 0.3) is 0 Å². The van der Waals surface area contributed by atoms with Crippen LogP contribution >= 0.6 is 0 Å². The Morgan fingerprint density at radius 3 is 2.79 bits per heavy atom. The third-order valence-corrected chi connectivity index (χ3v) is 4.76. The van der Waals surface area contributed by atoms with Gasteiger partial charge in [-0.15, -0.1) is 0 Å². The van der Waals surface area contributed by atoms with Gasteiger partial charge in [0.25, 0.3) is 0 Å². The van der Waals surface area contributed by atoms with E-state index >= 15 is 0 Å². The van der Waals surface area contributed by atoms with E-state index in [4.69, 9.17) is 4.74 Å². The number of nitrogens with one attached hydrogen (secondary N) is 2. The smallest absolute Gasteiger partial charge is 0.224 e. The number of nitrogens with zero attached hydrogens (tertiary/aromatic N) is 2. The monoisotopic (exact) mass is 334 g/mol. The first kappa shape index (κ1) is 17.0. The summed E-state index contributed by atoms with van der Waals surface area (Å²) in [7, 11) is 0. The number of aryl methyl sites for hydroxylation is 2. The summed E-state index contributed by atoms with van der Waals surface area (Å²) in [5.74, 6) is 0.0670. The van der Waals surface area contributed by atoms with Gasteiger partial charge in [0, 0.05) is 44.6 Å². The Morgan fingerprint density at radius 1 is 1.17 bits per heavy atom. The van der Waals surface area contributed by atoms with Gasteiger partial charge in [-0.05, 0) is 31.2 Å². The molecule has 24 heavy (non-hydrogen) atoms. The van der Waals surface area contributed by atoms with Crippen molar-refractivity contribution in [3.8, 4) is 0 Å². The number of aromatic nitrogens is 2. The summed E-state index contributed by atoms with van der Waals surface area (Å²) in [5, 5.41) is 10.3. The predicted octanol–water partition coefficient (Wildman–Crippen LogP) is 0.586. The maximum Gasteiger partial charge on any atom is 0.224 e. The van der Waals surface area contributed by atoms with E-state index < -0.39 is 0 Å². The quantitative estimate of drug-likeness (QED) is 0.797. The Kier molecular flexibility index (Phi) is 5.85. The standard InChI is InChI=1S/C17H26N4O3/c22-16(18-8-7-17(23)21-9-11-24-12-10-21)6-5-15-13-3-1-2-4-14(13)19-20-15/h1-12H2,(H,18,22)(H,19,20). The number of amides is 2. The van der Waals surface area contributed by atoms with Gasteiger partial charge in [-0.1, -0.05) is 0 Å². The SMILES string of the molecule is O=C(CCc1n[nH]c2c1CCCC2)NCCC(=O)N1CCOCC1. The fourth-order valence-electron chi connectivity index (χ4n) is 3.36. The van der Waals surface area contributed by atoms with E-state index in [0.29, 0.717) is 52.1 Å². The van der Waals surface area contributed by atoms with Crippen LogP contribution in [0, 0.1) is 0 Å². The van der Waals surface area contributed by atoms with Crippen molar-refractivity contribution in [1.82, 2.24) is 20.4 Å². The largest absolute Gasteiger partial charge is 0.378 e. The van der Waals surface area contributed by atoms with Crippen LogP contribution in [0.5, 0.6) is 0 Å². The number of morpholine rings is 1. The Balaban J connectivity index is 1.35. The molecule has 0 atom stereocenters. The van der Waals surface area contributed by atoms with Gasteiger partial charge in [0.05, 0.1) is 18.9 Å². The lowest BCUT2D eigenvalue weighted by Crippen LogP contribution is -2.42. The van der Waals surface area contributed by atoms with E-state index in [2.05, 4.69) is 15.5 Å². The minimum Gasteiger partial charge on any atom is -0.378 e. The number of carbonyl (C=O) groups excluding carboxylic acids is 2. The molecule has 3 rings (SSSR count). The first-order chi connectivity index (χ1) is 11.7. The van der Waals surface area contributed by atoms with Crippen LogP contribution < -0.4 is 5.32 Å². The zero-order valence-electron chi connectivity index (χ0n) is 14.1. The molecule has 1 aliphatic heterocycles. The summed E-state index contributed by atoms with van der Waals surface area (Å²) in [4.78, 5) is 25.8. The number of fused-ring (bicyclic) bond motifs is 1. The third-order valence-electron chi connectivity index (χ3n) is 4.76. The van der Waals surface area contributed by atoms with Gasteiger partial charge in [0.15, 0.2) is 0 Å². The van der Waals surface area contributed by atoms with Gasteiger partial charge in [0.1, 0.15) is 0 Å². The van der Waals surface area contributed by atoms with Gasteiger partial charge < -0.3 is 15.0 Å². The van der Waals surface area contributed by atoms with Gasteiger partial charge in [-0.3, -0.25) is 14.7 Å². The number of carbonyl (C=O) groups is 2. The Morgan fingerprint density at radius 2 is 1.96 bits per heavy atom. The van der Waals surface area contributed by atoms with E-state index in [9.17, 15) is 9.59 Å². The molecule has 2 amide bonds. The van der Waals surface area contributed by atoms with Crippen LogP contribution in [0.2, 0.25) is 0 Å². The van der Waals surface area contributed by atoms with E-state index in [1.165, 1.54) is 24.1 Å². The molecule has 1 aliphatic carbocycles. The summed E-state index contributed by atoms with van der Waals surface area (Å²) in [6.45, 7) is 2.90. The molecule has 2 aliphatic rings. The molecular weight excluding hydrogens is 308 g/mol. The molecule has 0 radical (unpaired) electrons. The summed E-state index contributed by atoms with van der Waals surface area (Å²) < 4.78 is 5.23. The maximum atomic E-state index is 12.0. The average molecular weight is 334 g/mol. The number of aromatic amines is 1. The number of rotatable bonds is 6. The molecule has 1 aromatic rings. The van der Waals surface area contributed by atoms with Gasteiger partial charge in [0.2, 0.25) is 11.8 Å². The van der Waals surface area contributed by atoms with Gasteiger partial charge in [-0.2, -0.15) is 5.10 Å². The van der Waals surface area contributed by atoms with E-state index in [1.54, 1.807) is 4.90 Å². The Bertz CT molecular complexity index is 578. The second-order valence-electron chi connectivity index (χ2n) is 6.43. The van der Waals surface area contributed by atoms with Crippen LogP contribution in [-0.4, -0.2) is 59.8 Å². The first-order valence-corrected chi connectivity index (χ1v) is 8.91. The van der Waals surface area contributed by atoms with Gasteiger partial charge >= 0.3 is 0 Å². The van der Waals surface area contributed by atoms with Gasteiger partial charge in [-0.25, -0.2) is 0 Å². The van der Waals surface area contributed by atoms with Crippen molar-refractivity contribution in [3.05, 3.63) is 17.0 Å². The topological polar surface area (TPSA) is 87.3 Å². The highest BCUT2D eigenvalue weighted by Gasteiger charge is 2.18. The summed E-state index contributed by atoms with van der Waals surface area (Å²) in [6.07, 6.45) is 5.98. The van der Waals surface area contributed by atoms with Crippen LogP contribution in [0.3, 0.4) is 0 Å². The van der Waals surface area contributed by atoms with Crippen LogP contribution in [0.15, 0.2) is 0 Å². The third kappa shape index (κ3) is 4.35. The van der Waals surface area contributed by atoms with Crippen molar-refractivity contribution in [2.45, 2.75) is 44.9 Å². The van der Waals surface area contributed by atoms with Crippen molar-refractivity contribution < 1.29 is 14.3 Å². The summed E-state index contributed by atoms with van der Waals surface area (Å²) in [6, 6.07) is 0.